The van der Waals surface area contributed by atoms with Crippen LogP contribution in [0, 0.1) is 12.7 Å². The lowest BCUT2D eigenvalue weighted by atomic mass is 10.1. The number of pyridine rings is 1. The summed E-state index contributed by atoms with van der Waals surface area (Å²) < 4.78 is 15.6. The fourth-order valence-electron chi connectivity index (χ4n) is 3.36. The molecule has 0 bridgehead atoms. The zero-order valence-electron chi connectivity index (χ0n) is 15.4. The van der Waals surface area contributed by atoms with Gasteiger partial charge in [-0.2, -0.15) is 10.1 Å². The minimum Gasteiger partial charge on any atom is -0.384 e. The maximum atomic E-state index is 13.9. The number of nitrogens with two attached hydrogens (primary N) is 1. The molecule has 3 heterocycles. The van der Waals surface area contributed by atoms with Gasteiger partial charge in [-0.25, -0.2) is 13.9 Å². The van der Waals surface area contributed by atoms with E-state index in [9.17, 15) is 4.39 Å². The van der Waals surface area contributed by atoms with Crippen molar-refractivity contribution in [3.05, 3.63) is 65.7 Å². The van der Waals surface area contributed by atoms with E-state index in [4.69, 9.17) is 5.73 Å². The first-order valence-electron chi connectivity index (χ1n) is 9.23. The van der Waals surface area contributed by atoms with Crippen LogP contribution in [0.4, 0.5) is 21.8 Å². The fourth-order valence-corrected chi connectivity index (χ4v) is 3.36. The van der Waals surface area contributed by atoms with Crippen LogP contribution in [0.2, 0.25) is 0 Å². The molecule has 0 radical (unpaired) electrons. The second-order valence-electron chi connectivity index (χ2n) is 7.20. The second-order valence-corrected chi connectivity index (χ2v) is 7.20. The molecule has 0 spiro atoms. The lowest BCUT2D eigenvalue weighted by Crippen LogP contribution is -2.02. The average molecular weight is 374 g/mol. The minimum atomic E-state index is -0.309. The molecule has 140 valence electrons. The van der Waals surface area contributed by atoms with E-state index in [1.165, 1.54) is 17.7 Å². The molecule has 4 aromatic rings. The summed E-state index contributed by atoms with van der Waals surface area (Å²) in [7, 11) is 0. The van der Waals surface area contributed by atoms with Crippen LogP contribution in [0.1, 0.15) is 30.0 Å². The number of anilines is 3. The highest BCUT2D eigenvalue weighted by Gasteiger charge is 2.31. The van der Waals surface area contributed by atoms with Gasteiger partial charge in [0.1, 0.15) is 11.6 Å². The van der Waals surface area contributed by atoms with Crippen molar-refractivity contribution in [2.75, 3.05) is 11.1 Å². The topological polar surface area (TPSA) is 81.1 Å². The van der Waals surface area contributed by atoms with Crippen molar-refractivity contribution >= 4 is 23.0 Å². The molecule has 3 N–H and O–H groups in total. The van der Waals surface area contributed by atoms with Gasteiger partial charge in [0.15, 0.2) is 0 Å². The minimum absolute atomic E-state index is 0.309. The first kappa shape index (κ1) is 16.7. The van der Waals surface area contributed by atoms with Crippen LogP contribution in [-0.2, 0) is 0 Å². The Labute approximate surface area is 161 Å². The van der Waals surface area contributed by atoms with Crippen LogP contribution in [0.15, 0.2) is 48.7 Å². The van der Waals surface area contributed by atoms with Crippen molar-refractivity contribution in [2.45, 2.75) is 25.7 Å². The number of nitrogen functional groups attached to an aromatic ring is 1. The molecular formula is C21H19FN6. The van der Waals surface area contributed by atoms with Crippen LogP contribution in [0.5, 0.6) is 0 Å². The molecule has 7 heteroatoms. The number of benzene rings is 1. The molecular weight excluding hydrogens is 355 g/mol. The Bertz CT molecular complexity index is 1180. The van der Waals surface area contributed by atoms with Gasteiger partial charge in [-0.15, -0.1) is 0 Å². The Kier molecular flexibility index (Phi) is 3.75. The SMILES string of the molecule is Cc1ccc(Nc2nc(N)cc(-c3c(C4CC4)nn4ccc(F)cc34)n2)cc1. The Balaban J connectivity index is 1.63. The predicted molar refractivity (Wildman–Crippen MR) is 107 cm³/mol. The second kappa shape index (κ2) is 6.30. The standard InChI is InChI=1S/C21H19FN6/c1-12-2-6-15(7-3-12)24-21-25-16(11-18(23)26-21)19-17-10-14(22)8-9-28(17)27-20(19)13-4-5-13/h2-3,6-11,13H,4-5H2,1H3,(H3,23,24,25,26). The van der Waals surface area contributed by atoms with Gasteiger partial charge in [0, 0.05) is 35.5 Å². The number of nitrogens with one attached hydrogen (secondary N) is 1. The van der Waals surface area contributed by atoms with Gasteiger partial charge in [0.25, 0.3) is 0 Å². The molecule has 1 aliphatic carbocycles. The summed E-state index contributed by atoms with van der Waals surface area (Å²) in [4.78, 5) is 8.97. The van der Waals surface area contributed by atoms with E-state index in [0.717, 1.165) is 29.8 Å². The Morgan fingerprint density at radius 1 is 1.11 bits per heavy atom. The van der Waals surface area contributed by atoms with Crippen LogP contribution >= 0.6 is 0 Å². The number of halogens is 1. The third-order valence-electron chi connectivity index (χ3n) is 4.90. The van der Waals surface area contributed by atoms with Crippen LogP contribution < -0.4 is 11.1 Å². The van der Waals surface area contributed by atoms with E-state index in [-0.39, 0.29) is 5.82 Å². The van der Waals surface area contributed by atoms with Gasteiger partial charge in [0.2, 0.25) is 5.95 Å². The van der Waals surface area contributed by atoms with Crippen molar-refractivity contribution in [1.82, 2.24) is 19.6 Å². The van der Waals surface area contributed by atoms with Crippen molar-refractivity contribution in [3.8, 4) is 11.3 Å². The summed E-state index contributed by atoms with van der Waals surface area (Å²) in [5.41, 5.74) is 11.2. The number of aromatic nitrogens is 4. The van der Waals surface area contributed by atoms with Gasteiger partial charge in [-0.1, -0.05) is 17.7 Å². The smallest absolute Gasteiger partial charge is 0.229 e. The average Bonchev–Trinajstić information content (AvgIpc) is 3.44. The largest absolute Gasteiger partial charge is 0.384 e. The highest BCUT2D eigenvalue weighted by molar-refractivity contribution is 5.82. The van der Waals surface area contributed by atoms with Crippen LogP contribution in [0.3, 0.4) is 0 Å². The number of aryl methyl sites for hydroxylation is 1. The van der Waals surface area contributed by atoms with Gasteiger partial charge >= 0.3 is 0 Å². The van der Waals surface area contributed by atoms with E-state index in [1.54, 1.807) is 16.8 Å². The molecule has 1 aromatic carbocycles. The Morgan fingerprint density at radius 2 is 1.89 bits per heavy atom. The highest BCUT2D eigenvalue weighted by atomic mass is 19.1. The summed E-state index contributed by atoms with van der Waals surface area (Å²) in [6.07, 6.45) is 3.79. The number of rotatable bonds is 4. The van der Waals surface area contributed by atoms with E-state index >= 15 is 0 Å². The first-order chi connectivity index (χ1) is 13.6. The summed E-state index contributed by atoms with van der Waals surface area (Å²) >= 11 is 0. The molecule has 3 aromatic heterocycles. The van der Waals surface area contributed by atoms with Crippen molar-refractivity contribution in [3.63, 3.8) is 0 Å². The first-order valence-corrected chi connectivity index (χ1v) is 9.23. The Morgan fingerprint density at radius 3 is 2.64 bits per heavy atom. The number of fused-ring (bicyclic) bond motifs is 1. The zero-order valence-corrected chi connectivity index (χ0v) is 15.4. The lowest BCUT2D eigenvalue weighted by Gasteiger charge is -2.09. The van der Waals surface area contributed by atoms with E-state index in [1.807, 2.05) is 31.2 Å². The van der Waals surface area contributed by atoms with E-state index in [0.29, 0.717) is 28.9 Å². The van der Waals surface area contributed by atoms with Gasteiger partial charge in [-0.05, 0) is 38.0 Å². The summed E-state index contributed by atoms with van der Waals surface area (Å²) in [5.74, 6) is 0.812. The lowest BCUT2D eigenvalue weighted by molar-refractivity contribution is 0.625. The molecule has 0 aliphatic heterocycles. The molecule has 1 saturated carbocycles. The number of hydrogen-bond donors (Lipinski definition) is 2. The van der Waals surface area contributed by atoms with Crippen LogP contribution in [0.25, 0.3) is 16.8 Å². The van der Waals surface area contributed by atoms with Crippen molar-refractivity contribution in [2.24, 2.45) is 0 Å². The third-order valence-corrected chi connectivity index (χ3v) is 4.90. The molecule has 5 rings (SSSR count). The summed E-state index contributed by atoms with van der Waals surface area (Å²) in [6.45, 7) is 2.03. The molecule has 0 amide bonds. The monoisotopic (exact) mass is 374 g/mol. The summed E-state index contributed by atoms with van der Waals surface area (Å²) in [5, 5.41) is 7.87. The van der Waals surface area contributed by atoms with Gasteiger partial charge in [-0.3, -0.25) is 0 Å². The number of nitrogens with zero attached hydrogens (tertiary/aromatic N) is 4. The van der Waals surface area contributed by atoms with E-state index in [2.05, 4.69) is 20.4 Å². The van der Waals surface area contributed by atoms with Gasteiger partial charge in [0.05, 0.1) is 16.9 Å². The number of hydrogen-bond acceptors (Lipinski definition) is 5. The fraction of sp³-hybridized carbons (Fsp3) is 0.190. The molecule has 0 saturated heterocycles. The Hall–Kier alpha value is -3.48. The van der Waals surface area contributed by atoms with Crippen molar-refractivity contribution < 1.29 is 4.39 Å². The maximum absolute atomic E-state index is 13.9. The zero-order chi connectivity index (χ0) is 19.3. The normalized spacial score (nSPS) is 13.8. The van der Waals surface area contributed by atoms with Crippen molar-refractivity contribution in [1.29, 1.82) is 0 Å². The quantitative estimate of drug-likeness (QED) is 0.552. The predicted octanol–water partition coefficient (Wildman–Crippen LogP) is 4.44. The highest BCUT2D eigenvalue weighted by Crippen LogP contribution is 2.45. The molecule has 28 heavy (non-hydrogen) atoms. The molecule has 1 fully saturated rings. The molecule has 1 aliphatic rings. The van der Waals surface area contributed by atoms with Gasteiger partial charge < -0.3 is 11.1 Å². The molecule has 0 unspecified atom stereocenters. The third kappa shape index (κ3) is 3.05. The molecule has 6 nitrogen and oxygen atoms in total. The summed E-state index contributed by atoms with van der Waals surface area (Å²) in [6, 6.07) is 12.5. The maximum Gasteiger partial charge on any atom is 0.229 e. The van der Waals surface area contributed by atoms with Crippen LogP contribution in [-0.4, -0.2) is 19.6 Å². The van der Waals surface area contributed by atoms with E-state index < -0.39 is 0 Å². The molecule has 0 atom stereocenters.